The van der Waals surface area contributed by atoms with Crippen LogP contribution in [0.3, 0.4) is 0 Å². The summed E-state index contributed by atoms with van der Waals surface area (Å²) in [5.74, 6) is 0.560. The highest BCUT2D eigenvalue weighted by Crippen LogP contribution is 2.52. The minimum Gasteiger partial charge on any atom is -0.356 e. The number of hydrogen-bond acceptors (Lipinski definition) is 5. The fourth-order valence-corrected chi connectivity index (χ4v) is 3.45. The van der Waals surface area contributed by atoms with E-state index in [9.17, 15) is 0 Å². The molecular weight excluding hydrogens is 258 g/mol. The first kappa shape index (κ1) is 12.7. The Morgan fingerprint density at radius 2 is 1.95 bits per heavy atom. The molecule has 2 aliphatic heterocycles. The SMILES string of the molecule is CO[C@H]1O[C@@H]2CO[C@@H](c3ccccc3)O[C@H]2[C@@H]2[C@H](N)[C@H]12. The second kappa shape index (κ2) is 4.79. The summed E-state index contributed by atoms with van der Waals surface area (Å²) in [5, 5.41) is 0. The van der Waals surface area contributed by atoms with Gasteiger partial charge in [0, 0.05) is 30.6 Å². The Kier molecular flexibility index (Phi) is 3.05. The molecule has 7 atom stereocenters. The molecule has 0 amide bonds. The normalized spacial score (nSPS) is 46.4. The van der Waals surface area contributed by atoms with Crippen LogP contribution in [0, 0.1) is 11.8 Å². The molecule has 4 rings (SSSR count). The zero-order chi connectivity index (χ0) is 13.7. The average molecular weight is 277 g/mol. The Balaban J connectivity index is 1.52. The number of nitrogens with two attached hydrogens (primary N) is 1. The van der Waals surface area contributed by atoms with E-state index in [4.69, 9.17) is 24.7 Å². The lowest BCUT2D eigenvalue weighted by Crippen LogP contribution is -2.49. The Bertz CT molecular complexity index is 480. The average Bonchev–Trinajstić information content (AvgIpc) is 3.19. The van der Waals surface area contributed by atoms with Crippen LogP contribution in [-0.4, -0.2) is 38.3 Å². The molecule has 0 radical (unpaired) electrons. The number of methoxy groups -OCH3 is 1. The van der Waals surface area contributed by atoms with Crippen LogP contribution in [0.1, 0.15) is 11.9 Å². The van der Waals surface area contributed by atoms with Crippen molar-refractivity contribution in [2.45, 2.75) is 30.8 Å². The van der Waals surface area contributed by atoms with Crippen LogP contribution in [0.25, 0.3) is 0 Å². The third kappa shape index (κ3) is 1.89. The fraction of sp³-hybridized carbons (Fsp3) is 0.600. The number of hydrogen-bond donors (Lipinski definition) is 1. The second-order valence-electron chi connectivity index (χ2n) is 5.69. The molecule has 2 N–H and O–H groups in total. The lowest BCUT2D eigenvalue weighted by molar-refractivity contribution is -0.316. The molecule has 5 nitrogen and oxygen atoms in total. The van der Waals surface area contributed by atoms with Crippen LogP contribution in [0.2, 0.25) is 0 Å². The summed E-state index contributed by atoms with van der Waals surface area (Å²) in [5.41, 5.74) is 7.18. The van der Waals surface area contributed by atoms with Crippen LogP contribution in [0.15, 0.2) is 30.3 Å². The molecule has 1 aliphatic carbocycles. The van der Waals surface area contributed by atoms with Crippen LogP contribution in [0.5, 0.6) is 0 Å². The molecule has 3 fully saturated rings. The predicted octanol–water partition coefficient (Wildman–Crippen LogP) is 1.05. The predicted molar refractivity (Wildman–Crippen MR) is 70.6 cm³/mol. The van der Waals surface area contributed by atoms with Gasteiger partial charge < -0.3 is 24.7 Å². The molecule has 0 bridgehead atoms. The van der Waals surface area contributed by atoms with Crippen molar-refractivity contribution in [2.24, 2.45) is 17.6 Å². The summed E-state index contributed by atoms with van der Waals surface area (Å²) >= 11 is 0. The first-order valence-electron chi connectivity index (χ1n) is 7.05. The molecule has 2 heterocycles. The molecular formula is C15H19NO4. The van der Waals surface area contributed by atoms with Gasteiger partial charge in [0.25, 0.3) is 0 Å². The van der Waals surface area contributed by atoms with Crippen molar-refractivity contribution in [3.8, 4) is 0 Å². The van der Waals surface area contributed by atoms with E-state index in [0.29, 0.717) is 12.5 Å². The molecule has 2 saturated heterocycles. The van der Waals surface area contributed by atoms with Crippen LogP contribution >= 0.6 is 0 Å². The van der Waals surface area contributed by atoms with Crippen LogP contribution < -0.4 is 5.73 Å². The molecule has 5 heteroatoms. The second-order valence-corrected chi connectivity index (χ2v) is 5.69. The van der Waals surface area contributed by atoms with E-state index in [2.05, 4.69) is 0 Å². The maximum Gasteiger partial charge on any atom is 0.184 e. The van der Waals surface area contributed by atoms with Crippen LogP contribution in [-0.2, 0) is 18.9 Å². The monoisotopic (exact) mass is 277 g/mol. The van der Waals surface area contributed by atoms with Crippen molar-refractivity contribution in [2.75, 3.05) is 13.7 Å². The number of fused-ring (bicyclic) bond motifs is 3. The zero-order valence-electron chi connectivity index (χ0n) is 11.3. The van der Waals surface area contributed by atoms with E-state index in [1.807, 2.05) is 30.3 Å². The van der Waals surface area contributed by atoms with Gasteiger partial charge in [0.1, 0.15) is 6.10 Å². The fourth-order valence-electron chi connectivity index (χ4n) is 3.45. The maximum absolute atomic E-state index is 6.15. The number of benzene rings is 1. The minimum absolute atomic E-state index is 0.000330. The molecule has 108 valence electrons. The molecule has 0 aromatic heterocycles. The van der Waals surface area contributed by atoms with Gasteiger partial charge >= 0.3 is 0 Å². The van der Waals surface area contributed by atoms with Crippen molar-refractivity contribution in [3.05, 3.63) is 35.9 Å². The lowest BCUT2D eigenvalue weighted by Gasteiger charge is -2.41. The van der Waals surface area contributed by atoms with Gasteiger partial charge in [-0.15, -0.1) is 0 Å². The molecule has 1 saturated carbocycles. The van der Waals surface area contributed by atoms with E-state index in [0.717, 1.165) is 5.56 Å². The summed E-state index contributed by atoms with van der Waals surface area (Å²) < 4.78 is 23.2. The third-order valence-corrected chi connectivity index (χ3v) is 4.56. The molecule has 1 aromatic carbocycles. The maximum atomic E-state index is 6.15. The summed E-state index contributed by atoms with van der Waals surface area (Å²) in [6, 6.07) is 10.1. The minimum atomic E-state index is -0.325. The third-order valence-electron chi connectivity index (χ3n) is 4.56. The summed E-state index contributed by atoms with van der Waals surface area (Å²) in [6.45, 7) is 0.514. The Morgan fingerprint density at radius 1 is 1.15 bits per heavy atom. The van der Waals surface area contributed by atoms with E-state index >= 15 is 0 Å². The highest BCUT2D eigenvalue weighted by Gasteiger charge is 2.64. The van der Waals surface area contributed by atoms with Crippen molar-refractivity contribution < 1.29 is 18.9 Å². The van der Waals surface area contributed by atoms with Crippen molar-refractivity contribution in [3.63, 3.8) is 0 Å². The molecule has 0 spiro atoms. The Hall–Kier alpha value is -0.980. The molecule has 0 unspecified atom stereocenters. The Morgan fingerprint density at radius 3 is 2.70 bits per heavy atom. The van der Waals surface area contributed by atoms with E-state index < -0.39 is 0 Å². The summed E-state index contributed by atoms with van der Waals surface area (Å²) in [7, 11) is 1.66. The van der Waals surface area contributed by atoms with Gasteiger partial charge in [-0.1, -0.05) is 30.3 Å². The summed E-state index contributed by atoms with van der Waals surface area (Å²) in [6.07, 6.45) is -0.639. The van der Waals surface area contributed by atoms with Gasteiger partial charge in [0.15, 0.2) is 12.6 Å². The van der Waals surface area contributed by atoms with Crippen molar-refractivity contribution >= 4 is 0 Å². The number of ether oxygens (including phenoxy) is 4. The highest BCUT2D eigenvalue weighted by atomic mass is 16.7. The largest absolute Gasteiger partial charge is 0.356 e. The summed E-state index contributed by atoms with van der Waals surface area (Å²) in [4.78, 5) is 0. The number of rotatable bonds is 2. The van der Waals surface area contributed by atoms with E-state index in [1.54, 1.807) is 7.11 Å². The first-order valence-corrected chi connectivity index (χ1v) is 7.05. The highest BCUT2D eigenvalue weighted by molar-refractivity contribution is 5.18. The van der Waals surface area contributed by atoms with Gasteiger partial charge in [-0.3, -0.25) is 0 Å². The molecule has 20 heavy (non-hydrogen) atoms. The van der Waals surface area contributed by atoms with Crippen molar-refractivity contribution in [1.29, 1.82) is 0 Å². The van der Waals surface area contributed by atoms with Crippen molar-refractivity contribution in [1.82, 2.24) is 0 Å². The van der Waals surface area contributed by atoms with Gasteiger partial charge in [-0.05, 0) is 0 Å². The lowest BCUT2D eigenvalue weighted by atomic mass is 10.0. The Labute approximate surface area is 117 Å². The molecule has 1 aromatic rings. The smallest absolute Gasteiger partial charge is 0.184 e. The first-order chi connectivity index (χ1) is 9.79. The zero-order valence-corrected chi connectivity index (χ0v) is 11.3. The van der Waals surface area contributed by atoms with Gasteiger partial charge in [0.2, 0.25) is 0 Å². The van der Waals surface area contributed by atoms with Gasteiger partial charge in [-0.25, -0.2) is 0 Å². The van der Waals surface area contributed by atoms with E-state index in [-0.39, 0.29) is 36.7 Å². The topological polar surface area (TPSA) is 62.9 Å². The quantitative estimate of drug-likeness (QED) is 0.875. The standard InChI is InChI=1S/C15H19NO4/c1-17-15-11-10(12(11)16)13-9(19-15)7-18-14(20-13)8-5-3-2-4-6-8/h2-6,9-15H,7,16H2,1H3/t9-,10+,11-,12+,13-,14-,15+/m1/s1. The van der Waals surface area contributed by atoms with E-state index in [1.165, 1.54) is 0 Å². The van der Waals surface area contributed by atoms with Crippen LogP contribution in [0.4, 0.5) is 0 Å². The van der Waals surface area contributed by atoms with Gasteiger partial charge in [-0.2, -0.15) is 0 Å². The molecule has 3 aliphatic rings. The van der Waals surface area contributed by atoms with Gasteiger partial charge in [0.05, 0.1) is 12.7 Å².